The number of nitrogens with zero attached hydrogens (tertiary/aromatic N) is 7. The maximum absolute atomic E-state index is 16.9. The molecule has 8 N–H and O–H groups in total. The van der Waals surface area contributed by atoms with Gasteiger partial charge in [0.1, 0.15) is 35.6 Å². The molecule has 6 atom stereocenters. The molecule has 112 heavy (non-hydrogen) atoms. The molecule has 2 aromatic heterocycles. The average Bonchev–Trinajstić information content (AvgIpc) is 1.78. The number of phosphoric ester groups is 1. The second-order valence-electron chi connectivity index (χ2n) is 28.9. The standard InChI is InChI=1S/C73H81F10N12O16P/c1-39-23-45(29-57(96)86-46-12-10-11-43(26-46)64(100)101)59(55(24-39)111-112(104,105)106)69(2,3)30-58(97)110-56(36-93(91-63(99)61(89-68(103)108-9)71(6,7)73(81,82)83)35-50-51(74)27-44(28-52(50)75)53-21-22-94(90-53)65(76)77)54(87-62(98)60(88-67(102)107-8)70(4,5)72(78,79)80)25-41-16-13-40(14-17-41)15-18-42-31-84-66(85-32-42)92-33-47-19-20-48(34-92)95(47)49-37-109-38-49/h10-14,16-17,21-24,26-28,31-32,47-49,54,56,60-61,65H,19-20,25,29-30,33-38H2,1-9H3,(H,86,96)(H,87,98)(H,88,102)(H,89,103)(H,91,99)(H,100,101)(H2,104,105,106)/t47?,48?,54-,56-,60+,61+/m0/s1. The lowest BCUT2D eigenvalue weighted by atomic mass is 9.77. The number of hydrogen-bond acceptors (Lipinski definition) is 19. The molecule has 39 heteroatoms. The molecule has 5 heterocycles. The third-order valence-electron chi connectivity index (χ3n) is 19.5. The van der Waals surface area contributed by atoms with Crippen LogP contribution in [-0.2, 0) is 67.5 Å². The van der Waals surface area contributed by atoms with Crippen LogP contribution in [0.25, 0.3) is 11.3 Å². The first kappa shape index (κ1) is 85.5. The topological polar surface area (TPSA) is 357 Å². The number of halogens is 10. The van der Waals surface area contributed by atoms with Crippen molar-refractivity contribution in [2.45, 2.75) is 154 Å². The SMILES string of the molecule is COC(=O)N[C@H](C(=O)N[C@@H](Cc1ccc(C#Cc2cnc(N3CC4CCC(C3)N4C3COC3)nc2)cc1)[C@H](CN(Cc1c(F)cc(-c2ccn(C(F)F)n2)cc1F)NC(=O)[C@@H](NC(=O)OC)C(C)(C)C(F)(F)F)OC(=O)CC(C)(C)c1c(CC(=O)Nc2cccc(C(=O)O)c2)cc(C)cc1OP(=O)(O)O)C(C)(C)C(F)(F)F. The normalized spacial score (nSPS) is 16.7. The zero-order chi connectivity index (χ0) is 82.3. The van der Waals surface area contributed by atoms with Crippen molar-refractivity contribution in [1.82, 2.24) is 51.0 Å². The van der Waals surface area contributed by atoms with Crippen LogP contribution in [0.1, 0.15) is 117 Å². The molecule has 3 saturated heterocycles. The fourth-order valence-electron chi connectivity index (χ4n) is 13.4. The number of ether oxygens (including phenoxy) is 4. The number of piperazine rings is 1. The zero-order valence-corrected chi connectivity index (χ0v) is 62.5. The number of aryl methyl sites for hydroxylation is 1. The minimum absolute atomic E-state index is 0.0218. The number of phosphoric acid groups is 1. The summed E-state index contributed by atoms with van der Waals surface area (Å²) in [6, 6.07) is 8.69. The van der Waals surface area contributed by atoms with E-state index < -0.39 is 176 Å². The van der Waals surface area contributed by atoms with Crippen LogP contribution < -0.4 is 36.1 Å². The van der Waals surface area contributed by atoms with E-state index in [1.807, 2.05) is 5.32 Å². The van der Waals surface area contributed by atoms with Crippen LogP contribution in [0.15, 0.2) is 97.5 Å². The Bertz CT molecular complexity index is 4550. The molecule has 2 bridgehead atoms. The summed E-state index contributed by atoms with van der Waals surface area (Å²) < 4.78 is 192. The first-order valence-electron chi connectivity index (χ1n) is 34.6. The number of rotatable bonds is 29. The predicted octanol–water partition coefficient (Wildman–Crippen LogP) is 9.59. The largest absolute Gasteiger partial charge is 0.524 e. The number of carboxylic acids is 1. The number of carboxylic acid groups (broad SMARTS) is 1. The van der Waals surface area contributed by atoms with Crippen LogP contribution in [-0.4, -0.2) is 188 Å². The number of methoxy groups -OCH3 is 2. The molecule has 28 nitrogen and oxygen atoms in total. The highest BCUT2D eigenvalue weighted by atomic mass is 31.2. The number of hydrazine groups is 1. The summed E-state index contributed by atoms with van der Waals surface area (Å²) in [5, 5.41) is 22.2. The number of alkyl carbamates (subject to hydrolysis) is 2. The molecular weight excluding hydrogens is 1520 g/mol. The van der Waals surface area contributed by atoms with Crippen molar-refractivity contribution in [2.24, 2.45) is 10.8 Å². The molecule has 2 unspecified atom stereocenters. The number of carbonyl (C=O) groups excluding carboxylic acids is 6. The Labute approximate surface area is 634 Å². The summed E-state index contributed by atoms with van der Waals surface area (Å²) in [5.74, 6) is -4.62. The van der Waals surface area contributed by atoms with Gasteiger partial charge >= 0.3 is 50.8 Å². The maximum atomic E-state index is 16.9. The molecule has 3 aliphatic rings. The lowest BCUT2D eigenvalue weighted by Crippen LogP contribution is -2.64. The maximum Gasteiger partial charge on any atom is 0.524 e. The fourth-order valence-corrected chi connectivity index (χ4v) is 13.8. The quantitative estimate of drug-likeness (QED) is 0.00541. The van der Waals surface area contributed by atoms with Crippen molar-refractivity contribution in [3.8, 4) is 28.8 Å². The smallest absolute Gasteiger partial charge is 0.478 e. The van der Waals surface area contributed by atoms with Gasteiger partial charge in [-0.2, -0.15) is 40.2 Å². The van der Waals surface area contributed by atoms with Crippen molar-refractivity contribution in [1.29, 1.82) is 0 Å². The van der Waals surface area contributed by atoms with Gasteiger partial charge in [0.2, 0.25) is 17.8 Å². The highest BCUT2D eigenvalue weighted by molar-refractivity contribution is 7.46. The third kappa shape index (κ3) is 21.0. The number of alkyl halides is 8. The zero-order valence-electron chi connectivity index (χ0n) is 61.6. The Morgan fingerprint density at radius 3 is 1.86 bits per heavy atom. The third-order valence-corrected chi connectivity index (χ3v) is 19.9. The van der Waals surface area contributed by atoms with E-state index in [9.17, 15) is 52.2 Å². The van der Waals surface area contributed by atoms with Gasteiger partial charge in [0.05, 0.1) is 86.6 Å². The van der Waals surface area contributed by atoms with Crippen LogP contribution in [0.3, 0.4) is 0 Å². The van der Waals surface area contributed by atoms with E-state index in [-0.39, 0.29) is 38.2 Å². The number of nitrogens with one attached hydrogen (secondary N) is 5. The van der Waals surface area contributed by atoms with Crippen LogP contribution >= 0.6 is 7.82 Å². The second kappa shape index (κ2) is 34.7. The molecule has 0 spiro atoms. The summed E-state index contributed by atoms with van der Waals surface area (Å²) >= 11 is 0. The molecule has 3 aliphatic heterocycles. The number of hydrogen-bond donors (Lipinski definition) is 8. The molecule has 604 valence electrons. The number of carbonyl (C=O) groups is 7. The molecule has 0 saturated carbocycles. The minimum Gasteiger partial charge on any atom is -0.478 e. The first-order chi connectivity index (χ1) is 52.3. The summed E-state index contributed by atoms with van der Waals surface area (Å²) in [4.78, 5) is 131. The minimum atomic E-state index is -5.59. The molecule has 6 aromatic rings. The molecular formula is C73H81F10N12O16P. The molecule has 5 amide bonds. The molecule has 0 radical (unpaired) electrons. The van der Waals surface area contributed by atoms with Gasteiger partial charge in [0.25, 0.3) is 5.91 Å². The van der Waals surface area contributed by atoms with Gasteiger partial charge < -0.3 is 54.7 Å². The Balaban J connectivity index is 1.17. The van der Waals surface area contributed by atoms with Crippen LogP contribution in [0, 0.1) is 41.2 Å². The van der Waals surface area contributed by atoms with Gasteiger partial charge in [-0.05, 0) is 125 Å². The molecule has 0 aliphatic carbocycles. The first-order valence-corrected chi connectivity index (χ1v) is 36.1. The van der Waals surface area contributed by atoms with Crippen molar-refractivity contribution in [3.63, 3.8) is 0 Å². The van der Waals surface area contributed by atoms with Gasteiger partial charge in [0.15, 0.2) is 0 Å². The summed E-state index contributed by atoms with van der Waals surface area (Å²) in [7, 11) is -4.12. The van der Waals surface area contributed by atoms with E-state index in [2.05, 4.69) is 62.2 Å². The Hall–Kier alpha value is -10.5. The number of fused-ring (bicyclic) bond motifs is 2. The second-order valence-corrected chi connectivity index (χ2v) is 30.0. The lowest BCUT2D eigenvalue weighted by Gasteiger charge is -2.47. The van der Waals surface area contributed by atoms with E-state index in [0.29, 0.717) is 106 Å². The Morgan fingerprint density at radius 2 is 1.33 bits per heavy atom. The monoisotopic (exact) mass is 1600 g/mol. The van der Waals surface area contributed by atoms with Crippen molar-refractivity contribution in [2.75, 3.05) is 57.3 Å². The summed E-state index contributed by atoms with van der Waals surface area (Å²) in [5.41, 5.74) is -8.10. The number of aromatic nitrogens is 4. The van der Waals surface area contributed by atoms with Crippen molar-refractivity contribution in [3.05, 3.63) is 154 Å². The van der Waals surface area contributed by atoms with Crippen LogP contribution in [0.5, 0.6) is 5.75 Å². The fraction of sp³-hybridized carbons (Fsp3) is 0.452. The summed E-state index contributed by atoms with van der Waals surface area (Å²) in [6.45, 7) is 2.76. The van der Waals surface area contributed by atoms with Gasteiger partial charge in [-0.3, -0.25) is 39.3 Å². The molecule has 9 rings (SSSR count). The number of benzene rings is 4. The predicted molar refractivity (Wildman–Crippen MR) is 378 cm³/mol. The van der Waals surface area contributed by atoms with Crippen molar-refractivity contribution < 1.29 is 120 Å². The van der Waals surface area contributed by atoms with Gasteiger partial charge in [-0.1, -0.05) is 50.0 Å². The van der Waals surface area contributed by atoms with E-state index in [1.54, 1.807) is 5.32 Å². The number of aromatic carboxylic acids is 1. The Morgan fingerprint density at radius 1 is 0.750 bits per heavy atom. The molecule has 4 aromatic carbocycles. The van der Waals surface area contributed by atoms with E-state index in [4.69, 9.17) is 14.0 Å². The number of esters is 1. The molecule has 3 fully saturated rings. The Kier molecular flexibility index (Phi) is 26.5. The van der Waals surface area contributed by atoms with Gasteiger partial charge in [0, 0.05) is 83.7 Å². The summed E-state index contributed by atoms with van der Waals surface area (Å²) in [6.07, 6.45) is -13.0. The van der Waals surface area contributed by atoms with Crippen LogP contribution in [0.4, 0.5) is 65.1 Å². The van der Waals surface area contributed by atoms with E-state index >= 15 is 44.7 Å². The highest BCUT2D eigenvalue weighted by Gasteiger charge is 2.58. The number of anilines is 2. The van der Waals surface area contributed by atoms with E-state index in [1.165, 1.54) is 81.7 Å². The van der Waals surface area contributed by atoms with Gasteiger partial charge in [-0.15, -0.1) is 0 Å². The van der Waals surface area contributed by atoms with Crippen molar-refractivity contribution >= 4 is 61.3 Å². The van der Waals surface area contributed by atoms with E-state index in [0.717, 1.165) is 51.5 Å². The van der Waals surface area contributed by atoms with Gasteiger partial charge in [-0.25, -0.2) is 47.4 Å². The average molecular weight is 1600 g/mol. The highest BCUT2D eigenvalue weighted by Crippen LogP contribution is 2.47. The number of amides is 5. The lowest BCUT2D eigenvalue weighted by molar-refractivity contribution is -0.221. The van der Waals surface area contributed by atoms with Crippen LogP contribution in [0.2, 0.25) is 0 Å².